The molecular formula is C21H22N2O4. The van der Waals surface area contributed by atoms with E-state index in [2.05, 4.69) is 13.0 Å². The third-order valence-corrected chi connectivity index (χ3v) is 4.01. The Hall–Kier alpha value is -3.33. The summed E-state index contributed by atoms with van der Waals surface area (Å²) in [7, 11) is 1.57. The molecule has 0 aliphatic rings. The first-order chi connectivity index (χ1) is 13.1. The van der Waals surface area contributed by atoms with Gasteiger partial charge in [-0.05, 0) is 47.9 Å². The number of hydrogen-bond donors (Lipinski definition) is 0. The van der Waals surface area contributed by atoms with Gasteiger partial charge < -0.3 is 9.47 Å². The van der Waals surface area contributed by atoms with E-state index in [9.17, 15) is 15.4 Å². The second-order valence-corrected chi connectivity index (χ2v) is 5.94. The first kappa shape index (κ1) is 20.0. The van der Waals surface area contributed by atoms with E-state index in [-0.39, 0.29) is 5.69 Å². The quantitative estimate of drug-likeness (QED) is 0.199. The van der Waals surface area contributed by atoms with E-state index in [4.69, 9.17) is 9.47 Å². The van der Waals surface area contributed by atoms with Gasteiger partial charge in [-0.25, -0.2) is 0 Å². The zero-order valence-corrected chi connectivity index (χ0v) is 15.5. The van der Waals surface area contributed by atoms with Crippen molar-refractivity contribution in [1.29, 1.82) is 5.26 Å². The van der Waals surface area contributed by atoms with Crippen molar-refractivity contribution in [3.8, 4) is 17.6 Å². The molecule has 0 N–H and O–H groups in total. The van der Waals surface area contributed by atoms with Crippen LogP contribution in [0.2, 0.25) is 0 Å². The topological polar surface area (TPSA) is 85.4 Å². The van der Waals surface area contributed by atoms with Crippen LogP contribution in [0.3, 0.4) is 0 Å². The molecule has 0 saturated heterocycles. The van der Waals surface area contributed by atoms with Gasteiger partial charge in [0, 0.05) is 12.1 Å². The summed E-state index contributed by atoms with van der Waals surface area (Å²) in [5.74, 6) is 1.26. The van der Waals surface area contributed by atoms with Gasteiger partial charge in [-0.3, -0.25) is 10.1 Å². The number of unbranched alkanes of at least 4 members (excludes halogenated alkanes) is 2. The van der Waals surface area contributed by atoms with Crippen LogP contribution in [0.1, 0.15) is 37.3 Å². The highest BCUT2D eigenvalue weighted by molar-refractivity contribution is 5.90. The summed E-state index contributed by atoms with van der Waals surface area (Å²) in [6.45, 7) is 2.77. The minimum absolute atomic E-state index is 0.0118. The second-order valence-electron chi connectivity index (χ2n) is 5.94. The van der Waals surface area contributed by atoms with Crippen molar-refractivity contribution < 1.29 is 14.4 Å². The Morgan fingerprint density at radius 3 is 2.52 bits per heavy atom. The van der Waals surface area contributed by atoms with E-state index < -0.39 is 4.92 Å². The lowest BCUT2D eigenvalue weighted by Gasteiger charge is -2.11. The first-order valence-corrected chi connectivity index (χ1v) is 8.76. The molecule has 0 atom stereocenters. The molecule has 0 unspecified atom stereocenters. The fourth-order valence-electron chi connectivity index (χ4n) is 2.54. The van der Waals surface area contributed by atoms with Gasteiger partial charge in [-0.2, -0.15) is 5.26 Å². The van der Waals surface area contributed by atoms with Crippen LogP contribution in [0, 0.1) is 21.4 Å². The molecule has 0 fully saturated rings. The predicted molar refractivity (Wildman–Crippen MR) is 105 cm³/mol. The van der Waals surface area contributed by atoms with Crippen LogP contribution < -0.4 is 9.47 Å². The zero-order chi connectivity index (χ0) is 19.6. The minimum Gasteiger partial charge on any atom is -0.493 e. The van der Waals surface area contributed by atoms with Crippen LogP contribution in [0.15, 0.2) is 42.5 Å². The van der Waals surface area contributed by atoms with Crippen LogP contribution in [0.5, 0.6) is 11.5 Å². The third-order valence-electron chi connectivity index (χ3n) is 4.01. The fraction of sp³-hybridized carbons (Fsp3) is 0.286. The molecule has 0 aliphatic carbocycles. The summed E-state index contributed by atoms with van der Waals surface area (Å²) in [6.07, 6.45) is 4.94. The van der Waals surface area contributed by atoms with Gasteiger partial charge in [0.05, 0.1) is 30.3 Å². The van der Waals surface area contributed by atoms with E-state index in [1.807, 2.05) is 12.1 Å². The van der Waals surface area contributed by atoms with Crippen LogP contribution in [0.4, 0.5) is 5.69 Å². The molecule has 6 nitrogen and oxygen atoms in total. The van der Waals surface area contributed by atoms with Crippen molar-refractivity contribution in [2.24, 2.45) is 0 Å². The third kappa shape index (κ3) is 5.58. The number of allylic oxidation sites excluding steroid dienone is 1. The molecule has 0 aliphatic heterocycles. The summed E-state index contributed by atoms with van der Waals surface area (Å²) in [4.78, 5) is 10.3. The lowest BCUT2D eigenvalue weighted by atomic mass is 10.0. The summed E-state index contributed by atoms with van der Waals surface area (Å²) >= 11 is 0. The number of benzene rings is 2. The van der Waals surface area contributed by atoms with E-state index in [0.29, 0.717) is 29.2 Å². The number of nitro benzene ring substituents is 1. The van der Waals surface area contributed by atoms with Gasteiger partial charge in [-0.1, -0.05) is 25.8 Å². The minimum atomic E-state index is -0.469. The van der Waals surface area contributed by atoms with Crippen molar-refractivity contribution in [3.05, 3.63) is 63.7 Å². The van der Waals surface area contributed by atoms with Crippen molar-refractivity contribution >= 4 is 17.3 Å². The number of ether oxygens (including phenoxy) is 2. The predicted octanol–water partition coefficient (Wildman–Crippen LogP) is 5.24. The normalized spacial score (nSPS) is 10.9. The molecule has 0 bridgehead atoms. The highest BCUT2D eigenvalue weighted by Gasteiger charge is 2.09. The van der Waals surface area contributed by atoms with Crippen LogP contribution in [-0.4, -0.2) is 18.6 Å². The van der Waals surface area contributed by atoms with Crippen molar-refractivity contribution in [1.82, 2.24) is 0 Å². The van der Waals surface area contributed by atoms with Crippen LogP contribution >= 0.6 is 0 Å². The second kappa shape index (κ2) is 9.97. The Balaban J connectivity index is 2.22. The molecule has 27 heavy (non-hydrogen) atoms. The lowest BCUT2D eigenvalue weighted by molar-refractivity contribution is -0.384. The number of rotatable bonds is 9. The van der Waals surface area contributed by atoms with E-state index in [1.165, 1.54) is 12.1 Å². The summed E-state index contributed by atoms with van der Waals surface area (Å²) in [5.41, 5.74) is 1.79. The Morgan fingerprint density at radius 1 is 1.19 bits per heavy atom. The van der Waals surface area contributed by atoms with Crippen molar-refractivity contribution in [3.63, 3.8) is 0 Å². The molecule has 2 rings (SSSR count). The monoisotopic (exact) mass is 366 g/mol. The van der Waals surface area contributed by atoms with Gasteiger partial charge in [-0.15, -0.1) is 0 Å². The Labute approximate surface area is 158 Å². The van der Waals surface area contributed by atoms with Gasteiger partial charge in [0.1, 0.15) is 0 Å². The fourth-order valence-corrected chi connectivity index (χ4v) is 2.54. The number of hydrogen-bond acceptors (Lipinski definition) is 5. The number of nitriles is 1. The number of methoxy groups -OCH3 is 1. The standard InChI is InChI=1S/C21H22N2O4/c1-3-4-5-12-27-20-11-6-16(14-21(20)26-2)13-18(15-22)17-7-9-19(10-8-17)23(24)25/h6-11,13-14H,3-5,12H2,1-2H3. The van der Waals surface area contributed by atoms with Gasteiger partial charge in [0.15, 0.2) is 11.5 Å². The van der Waals surface area contributed by atoms with Crippen molar-refractivity contribution in [2.45, 2.75) is 26.2 Å². The van der Waals surface area contributed by atoms with Gasteiger partial charge >= 0.3 is 0 Å². The maximum Gasteiger partial charge on any atom is 0.269 e. The zero-order valence-electron chi connectivity index (χ0n) is 15.5. The number of non-ortho nitro benzene ring substituents is 1. The summed E-state index contributed by atoms with van der Waals surface area (Å²) in [6, 6.07) is 13.5. The lowest BCUT2D eigenvalue weighted by Crippen LogP contribution is -1.99. The largest absolute Gasteiger partial charge is 0.493 e. The average Bonchev–Trinajstić information content (AvgIpc) is 2.70. The van der Waals surface area contributed by atoms with Gasteiger partial charge in [0.25, 0.3) is 5.69 Å². The first-order valence-electron chi connectivity index (χ1n) is 8.76. The molecule has 0 amide bonds. The smallest absolute Gasteiger partial charge is 0.269 e. The molecule has 0 heterocycles. The molecular weight excluding hydrogens is 344 g/mol. The number of nitrogens with zero attached hydrogens (tertiary/aromatic N) is 2. The van der Waals surface area contributed by atoms with E-state index in [1.54, 1.807) is 31.4 Å². The molecule has 6 heteroatoms. The van der Waals surface area contributed by atoms with E-state index in [0.717, 1.165) is 24.8 Å². The molecule has 0 radical (unpaired) electrons. The maximum absolute atomic E-state index is 10.8. The summed E-state index contributed by atoms with van der Waals surface area (Å²) in [5, 5.41) is 20.2. The highest BCUT2D eigenvalue weighted by atomic mass is 16.6. The van der Waals surface area contributed by atoms with Crippen LogP contribution in [0.25, 0.3) is 11.6 Å². The van der Waals surface area contributed by atoms with Crippen molar-refractivity contribution in [2.75, 3.05) is 13.7 Å². The molecule has 0 saturated carbocycles. The molecule has 2 aromatic rings. The molecule has 2 aromatic carbocycles. The Morgan fingerprint density at radius 2 is 1.93 bits per heavy atom. The van der Waals surface area contributed by atoms with Gasteiger partial charge in [0.2, 0.25) is 0 Å². The number of nitro groups is 1. The Bertz CT molecular complexity index is 851. The average molecular weight is 366 g/mol. The SMILES string of the molecule is CCCCCOc1ccc(C=C(C#N)c2ccc([N+](=O)[O-])cc2)cc1OC. The Kier molecular flexibility index (Phi) is 7.38. The molecule has 0 aromatic heterocycles. The molecule has 0 spiro atoms. The maximum atomic E-state index is 10.8. The summed E-state index contributed by atoms with van der Waals surface area (Å²) < 4.78 is 11.2. The van der Waals surface area contributed by atoms with Crippen LogP contribution in [-0.2, 0) is 0 Å². The van der Waals surface area contributed by atoms with E-state index >= 15 is 0 Å². The molecule has 140 valence electrons. The highest BCUT2D eigenvalue weighted by Crippen LogP contribution is 2.30.